The lowest BCUT2D eigenvalue weighted by Crippen LogP contribution is -2.28. The van der Waals surface area contributed by atoms with Crippen LogP contribution in [0.4, 0.5) is 15.8 Å². The molecule has 1 saturated heterocycles. The normalized spacial score (nSPS) is 16.8. The van der Waals surface area contributed by atoms with Crippen LogP contribution in [0.15, 0.2) is 53.4 Å². The summed E-state index contributed by atoms with van der Waals surface area (Å²) in [5, 5.41) is 2.71. The zero-order valence-corrected chi connectivity index (χ0v) is 16.7. The first kappa shape index (κ1) is 20.9. The highest BCUT2D eigenvalue weighted by Gasteiger charge is 2.35. The third-order valence-corrected chi connectivity index (χ3v) is 6.09. The van der Waals surface area contributed by atoms with Crippen molar-refractivity contribution in [2.75, 3.05) is 23.3 Å². The van der Waals surface area contributed by atoms with Gasteiger partial charge in [-0.25, -0.2) is 17.5 Å². The SMILES string of the molecule is CCCNS(=O)(=O)c1ccc(NC(=O)C2CC(=O)N(c3ccc(F)cc3)C2)cc1. The van der Waals surface area contributed by atoms with E-state index in [1.165, 1.54) is 53.4 Å². The van der Waals surface area contributed by atoms with Gasteiger partial charge in [0.2, 0.25) is 21.8 Å². The molecule has 1 fully saturated rings. The summed E-state index contributed by atoms with van der Waals surface area (Å²) in [6.07, 6.45) is 0.735. The van der Waals surface area contributed by atoms with Crippen LogP contribution in [0.25, 0.3) is 0 Å². The highest BCUT2D eigenvalue weighted by molar-refractivity contribution is 7.89. The van der Waals surface area contributed by atoms with Crippen molar-refractivity contribution in [2.45, 2.75) is 24.7 Å². The lowest BCUT2D eigenvalue weighted by molar-refractivity contribution is -0.122. The van der Waals surface area contributed by atoms with Crippen LogP contribution in [0.1, 0.15) is 19.8 Å². The second kappa shape index (κ2) is 8.71. The molecule has 0 bridgehead atoms. The minimum Gasteiger partial charge on any atom is -0.326 e. The van der Waals surface area contributed by atoms with E-state index in [4.69, 9.17) is 0 Å². The third kappa shape index (κ3) is 4.99. The predicted octanol–water partition coefficient (Wildman–Crippen LogP) is 2.51. The van der Waals surface area contributed by atoms with Crippen molar-refractivity contribution in [2.24, 2.45) is 5.92 Å². The summed E-state index contributed by atoms with van der Waals surface area (Å²) in [5.41, 5.74) is 0.984. The Bertz CT molecular complexity index is 991. The van der Waals surface area contributed by atoms with Gasteiger partial charge in [-0.1, -0.05) is 6.92 Å². The molecule has 2 aromatic rings. The average molecular weight is 419 g/mol. The fraction of sp³-hybridized carbons (Fsp3) is 0.300. The van der Waals surface area contributed by atoms with Gasteiger partial charge in [-0.2, -0.15) is 0 Å². The van der Waals surface area contributed by atoms with Crippen molar-refractivity contribution in [3.05, 3.63) is 54.3 Å². The van der Waals surface area contributed by atoms with E-state index >= 15 is 0 Å². The van der Waals surface area contributed by atoms with Gasteiger partial charge in [0, 0.05) is 30.9 Å². The van der Waals surface area contributed by atoms with Gasteiger partial charge >= 0.3 is 0 Å². The molecule has 1 aliphatic heterocycles. The Morgan fingerprint density at radius 2 is 1.79 bits per heavy atom. The van der Waals surface area contributed by atoms with Gasteiger partial charge in [-0.3, -0.25) is 9.59 Å². The largest absolute Gasteiger partial charge is 0.326 e. The van der Waals surface area contributed by atoms with Crippen LogP contribution in [-0.4, -0.2) is 33.3 Å². The molecule has 0 radical (unpaired) electrons. The number of rotatable bonds is 7. The smallest absolute Gasteiger partial charge is 0.240 e. The molecule has 3 rings (SSSR count). The van der Waals surface area contributed by atoms with E-state index in [9.17, 15) is 22.4 Å². The van der Waals surface area contributed by atoms with Crippen LogP contribution < -0.4 is 14.9 Å². The second-order valence-electron chi connectivity index (χ2n) is 6.79. The summed E-state index contributed by atoms with van der Waals surface area (Å²) >= 11 is 0. The van der Waals surface area contributed by atoms with Crippen molar-refractivity contribution in [1.29, 1.82) is 0 Å². The van der Waals surface area contributed by atoms with Crippen LogP contribution >= 0.6 is 0 Å². The van der Waals surface area contributed by atoms with Crippen LogP contribution in [0, 0.1) is 11.7 Å². The van der Waals surface area contributed by atoms with Crippen molar-refractivity contribution in [1.82, 2.24) is 4.72 Å². The highest BCUT2D eigenvalue weighted by Crippen LogP contribution is 2.26. The Morgan fingerprint density at radius 3 is 2.41 bits per heavy atom. The number of benzene rings is 2. The predicted molar refractivity (Wildman–Crippen MR) is 107 cm³/mol. The summed E-state index contributed by atoms with van der Waals surface area (Å²) in [6.45, 7) is 2.41. The molecule has 0 aliphatic carbocycles. The summed E-state index contributed by atoms with van der Waals surface area (Å²) in [5.74, 6) is -1.49. The van der Waals surface area contributed by atoms with Crippen LogP contribution in [0.5, 0.6) is 0 Å². The zero-order chi connectivity index (χ0) is 21.0. The quantitative estimate of drug-likeness (QED) is 0.721. The van der Waals surface area contributed by atoms with Crippen molar-refractivity contribution < 1.29 is 22.4 Å². The van der Waals surface area contributed by atoms with Crippen LogP contribution in [-0.2, 0) is 19.6 Å². The number of amides is 2. The first-order valence-corrected chi connectivity index (χ1v) is 10.7. The first-order valence-electron chi connectivity index (χ1n) is 9.26. The minimum atomic E-state index is -3.57. The Balaban J connectivity index is 1.63. The Kier molecular flexibility index (Phi) is 6.29. The van der Waals surface area contributed by atoms with E-state index in [0.29, 0.717) is 24.3 Å². The fourth-order valence-electron chi connectivity index (χ4n) is 3.04. The molecule has 2 aromatic carbocycles. The summed E-state index contributed by atoms with van der Waals surface area (Å²) in [6, 6.07) is 11.4. The summed E-state index contributed by atoms with van der Waals surface area (Å²) in [4.78, 5) is 26.4. The molecule has 1 aliphatic rings. The zero-order valence-electron chi connectivity index (χ0n) is 15.9. The van der Waals surface area contributed by atoms with E-state index < -0.39 is 21.8 Å². The first-order chi connectivity index (χ1) is 13.8. The highest BCUT2D eigenvalue weighted by atomic mass is 32.2. The van der Waals surface area contributed by atoms with Crippen molar-refractivity contribution in [3.8, 4) is 0 Å². The van der Waals surface area contributed by atoms with E-state index in [-0.39, 0.29) is 29.7 Å². The molecule has 1 heterocycles. The molecule has 154 valence electrons. The van der Waals surface area contributed by atoms with Gasteiger partial charge in [0.1, 0.15) is 5.82 Å². The molecule has 0 aromatic heterocycles. The van der Waals surface area contributed by atoms with Gasteiger partial charge in [0.25, 0.3) is 0 Å². The maximum Gasteiger partial charge on any atom is 0.240 e. The minimum absolute atomic E-state index is 0.0522. The van der Waals surface area contributed by atoms with Gasteiger partial charge in [0.15, 0.2) is 0 Å². The van der Waals surface area contributed by atoms with Gasteiger partial charge in [0.05, 0.1) is 10.8 Å². The van der Waals surface area contributed by atoms with E-state index in [0.717, 1.165) is 0 Å². The lowest BCUT2D eigenvalue weighted by Gasteiger charge is -2.16. The van der Waals surface area contributed by atoms with Crippen molar-refractivity contribution >= 4 is 33.2 Å². The molecule has 1 atom stereocenters. The summed E-state index contributed by atoms with van der Waals surface area (Å²) < 4.78 is 39.7. The maximum absolute atomic E-state index is 13.1. The van der Waals surface area contributed by atoms with Gasteiger partial charge in [-0.05, 0) is 55.0 Å². The topological polar surface area (TPSA) is 95.6 Å². The number of hydrogen-bond donors (Lipinski definition) is 2. The Labute approximate surface area is 169 Å². The number of nitrogens with one attached hydrogen (secondary N) is 2. The molecule has 29 heavy (non-hydrogen) atoms. The van der Waals surface area contributed by atoms with Gasteiger partial charge < -0.3 is 10.2 Å². The molecule has 2 N–H and O–H groups in total. The maximum atomic E-state index is 13.1. The number of sulfonamides is 1. The Morgan fingerprint density at radius 1 is 1.14 bits per heavy atom. The molecule has 1 unspecified atom stereocenters. The molecular weight excluding hydrogens is 397 g/mol. The Hall–Kier alpha value is -2.78. The second-order valence-corrected chi connectivity index (χ2v) is 8.56. The van der Waals surface area contributed by atoms with E-state index in [1.807, 2.05) is 6.92 Å². The molecule has 0 spiro atoms. The number of anilines is 2. The van der Waals surface area contributed by atoms with Crippen molar-refractivity contribution in [3.63, 3.8) is 0 Å². The molecular formula is C20H22FN3O4S. The number of halogens is 1. The monoisotopic (exact) mass is 419 g/mol. The summed E-state index contributed by atoms with van der Waals surface area (Å²) in [7, 11) is -3.57. The van der Waals surface area contributed by atoms with Gasteiger partial charge in [-0.15, -0.1) is 0 Å². The molecule has 7 nitrogen and oxygen atoms in total. The number of nitrogens with zero attached hydrogens (tertiary/aromatic N) is 1. The molecule has 9 heteroatoms. The average Bonchev–Trinajstić information content (AvgIpc) is 3.09. The fourth-order valence-corrected chi connectivity index (χ4v) is 4.17. The number of carbonyl (C=O) groups excluding carboxylic acids is 2. The number of hydrogen-bond acceptors (Lipinski definition) is 4. The van der Waals surface area contributed by atoms with E-state index in [2.05, 4.69) is 10.0 Å². The molecule has 0 saturated carbocycles. The molecule has 2 amide bonds. The lowest BCUT2D eigenvalue weighted by atomic mass is 10.1. The van der Waals surface area contributed by atoms with Crippen LogP contribution in [0.3, 0.4) is 0 Å². The third-order valence-electron chi connectivity index (χ3n) is 4.61. The van der Waals surface area contributed by atoms with E-state index in [1.54, 1.807) is 0 Å². The van der Waals surface area contributed by atoms with Crippen LogP contribution in [0.2, 0.25) is 0 Å². The number of carbonyl (C=O) groups is 2. The standard InChI is InChI=1S/C20H22FN3O4S/c1-2-11-22-29(27,28)18-9-5-16(6-10-18)23-20(26)14-12-19(25)24(13-14)17-7-3-15(21)4-8-17/h3-10,14,22H,2,11-13H2,1H3,(H,23,26).